The molecular formula is C14H25N. The first-order valence-electron chi connectivity index (χ1n) is 7.02. The van der Waals surface area contributed by atoms with E-state index in [1.807, 2.05) is 0 Å². The first-order chi connectivity index (χ1) is 7.28. The van der Waals surface area contributed by atoms with Crippen molar-refractivity contribution >= 4 is 0 Å². The van der Waals surface area contributed by atoms with E-state index >= 15 is 0 Å². The Bertz CT molecular complexity index is 223. The normalized spacial score (nSPS) is 31.0. The molecule has 3 aliphatic carbocycles. The van der Waals surface area contributed by atoms with Crippen LogP contribution in [-0.4, -0.2) is 12.6 Å². The molecular weight excluding hydrogens is 182 g/mol. The van der Waals surface area contributed by atoms with E-state index in [-0.39, 0.29) is 0 Å². The minimum Gasteiger partial charge on any atom is -0.314 e. The van der Waals surface area contributed by atoms with Crippen molar-refractivity contribution in [2.24, 2.45) is 17.3 Å². The smallest absolute Gasteiger partial charge is 0.00415 e. The van der Waals surface area contributed by atoms with Crippen LogP contribution < -0.4 is 5.32 Å². The summed E-state index contributed by atoms with van der Waals surface area (Å²) in [5.41, 5.74) is 0.762. The van der Waals surface area contributed by atoms with Crippen LogP contribution in [0.1, 0.15) is 58.3 Å². The van der Waals surface area contributed by atoms with Crippen molar-refractivity contribution < 1.29 is 0 Å². The Morgan fingerprint density at radius 1 is 1.20 bits per heavy atom. The molecule has 3 aliphatic rings. The highest BCUT2D eigenvalue weighted by Crippen LogP contribution is 2.56. The van der Waals surface area contributed by atoms with E-state index in [1.54, 1.807) is 0 Å². The summed E-state index contributed by atoms with van der Waals surface area (Å²) in [6, 6.07) is 0.772. The van der Waals surface area contributed by atoms with Gasteiger partial charge in [-0.1, -0.05) is 19.3 Å². The maximum Gasteiger partial charge on any atom is 0.00415 e. The quantitative estimate of drug-likeness (QED) is 0.704. The molecule has 0 spiro atoms. The van der Waals surface area contributed by atoms with Crippen LogP contribution in [-0.2, 0) is 0 Å². The summed E-state index contributed by atoms with van der Waals surface area (Å²) < 4.78 is 0. The highest BCUT2D eigenvalue weighted by atomic mass is 14.9. The fourth-order valence-corrected chi connectivity index (χ4v) is 3.37. The Kier molecular flexibility index (Phi) is 2.54. The first-order valence-corrected chi connectivity index (χ1v) is 7.02. The lowest BCUT2D eigenvalue weighted by Crippen LogP contribution is -2.44. The molecule has 0 bridgehead atoms. The first kappa shape index (κ1) is 10.1. The molecule has 0 radical (unpaired) electrons. The fourth-order valence-electron chi connectivity index (χ4n) is 3.37. The van der Waals surface area contributed by atoms with Crippen molar-refractivity contribution in [2.45, 2.75) is 64.3 Å². The van der Waals surface area contributed by atoms with Crippen LogP contribution >= 0.6 is 0 Å². The molecule has 3 saturated carbocycles. The van der Waals surface area contributed by atoms with Gasteiger partial charge in [0.15, 0.2) is 0 Å². The molecule has 0 aromatic rings. The highest BCUT2D eigenvalue weighted by molar-refractivity contribution is 5.01. The van der Waals surface area contributed by atoms with Crippen molar-refractivity contribution in [3.8, 4) is 0 Å². The summed E-state index contributed by atoms with van der Waals surface area (Å²) >= 11 is 0. The molecule has 0 aromatic carbocycles. The number of hydrogen-bond donors (Lipinski definition) is 1. The molecule has 15 heavy (non-hydrogen) atoms. The second kappa shape index (κ2) is 3.76. The standard InChI is InChI=1S/C14H25N/c1-11(9-12-3-4-12)15-10-14(7-2-8-14)13-5-6-13/h11-13,15H,2-10H2,1H3. The second-order valence-corrected chi connectivity index (χ2v) is 6.45. The molecule has 0 amide bonds. The number of rotatable bonds is 6. The molecule has 0 aromatic heterocycles. The van der Waals surface area contributed by atoms with Crippen LogP contribution in [0.2, 0.25) is 0 Å². The summed E-state index contributed by atoms with van der Waals surface area (Å²) in [5, 5.41) is 3.82. The summed E-state index contributed by atoms with van der Waals surface area (Å²) in [4.78, 5) is 0. The van der Waals surface area contributed by atoms with Crippen molar-refractivity contribution in [3.63, 3.8) is 0 Å². The summed E-state index contributed by atoms with van der Waals surface area (Å²) in [6.07, 6.45) is 12.0. The molecule has 0 aliphatic heterocycles. The lowest BCUT2D eigenvalue weighted by Gasteiger charge is -2.43. The fraction of sp³-hybridized carbons (Fsp3) is 1.00. The third-order valence-corrected chi connectivity index (χ3v) is 4.98. The molecule has 0 heterocycles. The zero-order chi connectivity index (χ0) is 10.3. The summed E-state index contributed by atoms with van der Waals surface area (Å²) in [7, 11) is 0. The SMILES string of the molecule is CC(CC1CC1)NCC1(C2CC2)CCC1. The van der Waals surface area contributed by atoms with Gasteiger partial charge in [0.25, 0.3) is 0 Å². The van der Waals surface area contributed by atoms with Gasteiger partial charge in [-0.15, -0.1) is 0 Å². The van der Waals surface area contributed by atoms with Gasteiger partial charge in [0, 0.05) is 12.6 Å². The van der Waals surface area contributed by atoms with E-state index in [1.165, 1.54) is 57.9 Å². The van der Waals surface area contributed by atoms with Crippen molar-refractivity contribution in [3.05, 3.63) is 0 Å². The zero-order valence-electron chi connectivity index (χ0n) is 10.1. The maximum atomic E-state index is 3.82. The Morgan fingerprint density at radius 3 is 2.40 bits per heavy atom. The Balaban J connectivity index is 1.43. The second-order valence-electron chi connectivity index (χ2n) is 6.45. The summed E-state index contributed by atoms with van der Waals surface area (Å²) in [6.45, 7) is 3.71. The van der Waals surface area contributed by atoms with Gasteiger partial charge in [0.1, 0.15) is 0 Å². The van der Waals surface area contributed by atoms with Gasteiger partial charge in [-0.25, -0.2) is 0 Å². The molecule has 1 atom stereocenters. The zero-order valence-corrected chi connectivity index (χ0v) is 10.1. The Hall–Kier alpha value is -0.0400. The Labute approximate surface area is 94.0 Å². The van der Waals surface area contributed by atoms with Crippen LogP contribution in [0, 0.1) is 17.3 Å². The van der Waals surface area contributed by atoms with Crippen LogP contribution in [0.4, 0.5) is 0 Å². The Morgan fingerprint density at radius 2 is 1.93 bits per heavy atom. The van der Waals surface area contributed by atoms with Crippen molar-refractivity contribution in [1.29, 1.82) is 0 Å². The van der Waals surface area contributed by atoms with E-state index in [4.69, 9.17) is 0 Å². The predicted molar refractivity (Wildman–Crippen MR) is 63.8 cm³/mol. The topological polar surface area (TPSA) is 12.0 Å². The summed E-state index contributed by atoms with van der Waals surface area (Å²) in [5.74, 6) is 2.18. The van der Waals surface area contributed by atoms with Gasteiger partial charge in [0.05, 0.1) is 0 Å². The van der Waals surface area contributed by atoms with Crippen LogP contribution in [0.5, 0.6) is 0 Å². The van der Waals surface area contributed by atoms with E-state index in [0.717, 1.165) is 23.3 Å². The predicted octanol–water partition coefficient (Wildman–Crippen LogP) is 3.34. The van der Waals surface area contributed by atoms with E-state index < -0.39 is 0 Å². The maximum absolute atomic E-state index is 3.82. The van der Waals surface area contributed by atoms with E-state index in [2.05, 4.69) is 12.2 Å². The molecule has 1 unspecified atom stereocenters. The van der Waals surface area contributed by atoms with Gasteiger partial charge in [-0.2, -0.15) is 0 Å². The molecule has 1 nitrogen and oxygen atoms in total. The minimum atomic E-state index is 0.762. The van der Waals surface area contributed by atoms with E-state index in [9.17, 15) is 0 Å². The van der Waals surface area contributed by atoms with Gasteiger partial charge in [-0.3, -0.25) is 0 Å². The molecule has 86 valence electrons. The van der Waals surface area contributed by atoms with Crippen LogP contribution in [0.25, 0.3) is 0 Å². The lowest BCUT2D eigenvalue weighted by atomic mass is 9.65. The van der Waals surface area contributed by atoms with E-state index in [0.29, 0.717) is 0 Å². The monoisotopic (exact) mass is 207 g/mol. The molecule has 3 fully saturated rings. The van der Waals surface area contributed by atoms with Crippen LogP contribution in [0.15, 0.2) is 0 Å². The third kappa shape index (κ3) is 2.22. The lowest BCUT2D eigenvalue weighted by molar-refractivity contribution is 0.0946. The van der Waals surface area contributed by atoms with Gasteiger partial charge in [-0.05, 0) is 56.3 Å². The van der Waals surface area contributed by atoms with Crippen LogP contribution in [0.3, 0.4) is 0 Å². The van der Waals surface area contributed by atoms with Gasteiger partial charge in [0.2, 0.25) is 0 Å². The minimum absolute atomic E-state index is 0.762. The van der Waals surface area contributed by atoms with Gasteiger partial charge < -0.3 is 5.32 Å². The van der Waals surface area contributed by atoms with Crippen molar-refractivity contribution in [2.75, 3.05) is 6.54 Å². The van der Waals surface area contributed by atoms with Crippen molar-refractivity contribution in [1.82, 2.24) is 5.32 Å². The molecule has 1 heteroatoms. The number of hydrogen-bond acceptors (Lipinski definition) is 1. The average Bonchev–Trinajstić information content (AvgIpc) is 2.95. The largest absolute Gasteiger partial charge is 0.314 e. The third-order valence-electron chi connectivity index (χ3n) is 4.98. The van der Waals surface area contributed by atoms with Gasteiger partial charge >= 0.3 is 0 Å². The molecule has 3 rings (SSSR count). The molecule has 1 N–H and O–H groups in total. The number of nitrogens with one attached hydrogen (secondary N) is 1. The highest BCUT2D eigenvalue weighted by Gasteiger charge is 2.48. The molecule has 0 saturated heterocycles. The average molecular weight is 207 g/mol.